The smallest absolute Gasteiger partial charge is 0.255 e. The van der Waals surface area contributed by atoms with Crippen molar-refractivity contribution in [3.8, 4) is 0 Å². The van der Waals surface area contributed by atoms with Crippen LogP contribution in [0.1, 0.15) is 23.2 Å². The van der Waals surface area contributed by atoms with E-state index in [-0.39, 0.29) is 11.8 Å². The molecule has 2 heterocycles. The molecule has 116 valence electrons. The van der Waals surface area contributed by atoms with Crippen LogP contribution in [0.3, 0.4) is 0 Å². The molecule has 0 radical (unpaired) electrons. The number of piperidine rings is 1. The van der Waals surface area contributed by atoms with Crippen LogP contribution in [0.15, 0.2) is 18.3 Å². The fourth-order valence-corrected chi connectivity index (χ4v) is 3.02. The highest BCUT2D eigenvalue weighted by molar-refractivity contribution is 7.88. The number of nitrogens with one attached hydrogen (secondary N) is 1. The van der Waals surface area contributed by atoms with Gasteiger partial charge in [0.05, 0.1) is 11.8 Å². The van der Waals surface area contributed by atoms with Crippen molar-refractivity contribution < 1.29 is 13.2 Å². The van der Waals surface area contributed by atoms with Crippen LogP contribution in [0.5, 0.6) is 0 Å². The summed E-state index contributed by atoms with van der Waals surface area (Å²) in [6.07, 6.45) is 4.37. The maximum absolute atomic E-state index is 12.4. The van der Waals surface area contributed by atoms with Crippen molar-refractivity contribution in [2.45, 2.75) is 12.8 Å². The molecule has 1 unspecified atom stereocenters. The minimum atomic E-state index is -3.20. The van der Waals surface area contributed by atoms with Crippen LogP contribution in [0.2, 0.25) is 5.15 Å². The van der Waals surface area contributed by atoms with E-state index in [2.05, 4.69) is 9.71 Å². The summed E-state index contributed by atoms with van der Waals surface area (Å²) in [5.74, 6) is 0.0425. The Balaban J connectivity index is 1.97. The minimum Gasteiger partial charge on any atom is -0.338 e. The molecule has 21 heavy (non-hydrogen) atoms. The highest BCUT2D eigenvalue weighted by atomic mass is 35.5. The Bertz CT molecular complexity index is 604. The SMILES string of the molecule is CS(=O)(=O)NCC1CCCN(C(=O)c2ccc(Cl)nc2)C1. The van der Waals surface area contributed by atoms with Crippen molar-refractivity contribution in [1.82, 2.24) is 14.6 Å². The minimum absolute atomic E-state index is 0.0942. The number of nitrogens with zero attached hydrogens (tertiary/aromatic N) is 2. The van der Waals surface area contributed by atoms with E-state index in [4.69, 9.17) is 11.6 Å². The summed E-state index contributed by atoms with van der Waals surface area (Å²) in [6, 6.07) is 3.23. The van der Waals surface area contributed by atoms with Crippen molar-refractivity contribution in [3.63, 3.8) is 0 Å². The summed E-state index contributed by atoms with van der Waals surface area (Å²) in [5.41, 5.74) is 0.496. The maximum Gasteiger partial charge on any atom is 0.255 e. The highest BCUT2D eigenvalue weighted by Gasteiger charge is 2.25. The zero-order chi connectivity index (χ0) is 15.5. The molecule has 0 aromatic carbocycles. The second-order valence-electron chi connectivity index (χ2n) is 5.25. The van der Waals surface area contributed by atoms with Gasteiger partial charge in [-0.1, -0.05) is 11.6 Å². The lowest BCUT2D eigenvalue weighted by atomic mass is 9.98. The predicted molar refractivity (Wildman–Crippen MR) is 80.7 cm³/mol. The lowest BCUT2D eigenvalue weighted by Crippen LogP contribution is -2.43. The second kappa shape index (κ2) is 6.72. The zero-order valence-electron chi connectivity index (χ0n) is 11.8. The van der Waals surface area contributed by atoms with Crippen LogP contribution in [0, 0.1) is 5.92 Å². The Morgan fingerprint density at radius 3 is 2.90 bits per heavy atom. The van der Waals surface area contributed by atoms with Gasteiger partial charge in [0.25, 0.3) is 5.91 Å². The van der Waals surface area contributed by atoms with Crippen LogP contribution >= 0.6 is 11.6 Å². The van der Waals surface area contributed by atoms with Gasteiger partial charge in [-0.15, -0.1) is 0 Å². The number of carbonyl (C=O) groups is 1. The van der Waals surface area contributed by atoms with Crippen molar-refractivity contribution >= 4 is 27.5 Å². The van der Waals surface area contributed by atoms with Crippen LogP contribution in [-0.4, -0.2) is 50.1 Å². The number of rotatable bonds is 4. The first kappa shape index (κ1) is 16.2. The molecule has 1 fully saturated rings. The average Bonchev–Trinajstić information content (AvgIpc) is 2.45. The Kier molecular flexibility index (Phi) is 5.18. The number of pyridine rings is 1. The van der Waals surface area contributed by atoms with E-state index in [1.807, 2.05) is 0 Å². The summed E-state index contributed by atoms with van der Waals surface area (Å²) < 4.78 is 24.8. The molecule has 8 heteroatoms. The van der Waals surface area contributed by atoms with Crippen LogP contribution in [0.25, 0.3) is 0 Å². The van der Waals surface area contributed by atoms with Crippen molar-refractivity contribution in [2.75, 3.05) is 25.9 Å². The van der Waals surface area contributed by atoms with Crippen molar-refractivity contribution in [3.05, 3.63) is 29.0 Å². The summed E-state index contributed by atoms with van der Waals surface area (Å²) in [7, 11) is -3.20. The molecular weight excluding hydrogens is 314 g/mol. The lowest BCUT2D eigenvalue weighted by Gasteiger charge is -2.32. The third-order valence-electron chi connectivity index (χ3n) is 3.41. The van der Waals surface area contributed by atoms with Gasteiger partial charge in [-0.3, -0.25) is 4.79 Å². The summed E-state index contributed by atoms with van der Waals surface area (Å²) >= 11 is 5.71. The van der Waals surface area contributed by atoms with E-state index in [0.29, 0.717) is 30.4 Å². The third kappa shape index (κ3) is 4.94. The molecular formula is C13H18ClN3O3S. The number of halogens is 1. The number of likely N-dealkylation sites (tertiary alicyclic amines) is 1. The molecule has 6 nitrogen and oxygen atoms in total. The van der Waals surface area contributed by atoms with Crippen LogP contribution < -0.4 is 4.72 Å². The molecule has 1 amide bonds. The Morgan fingerprint density at radius 1 is 1.52 bits per heavy atom. The molecule has 1 aromatic heterocycles. The molecule has 1 aliphatic heterocycles. The van der Waals surface area contributed by atoms with E-state index in [9.17, 15) is 13.2 Å². The van der Waals surface area contributed by atoms with Crippen LogP contribution in [-0.2, 0) is 10.0 Å². The molecule has 1 atom stereocenters. The Hall–Kier alpha value is -1.18. The molecule has 0 aliphatic carbocycles. The van der Waals surface area contributed by atoms with E-state index < -0.39 is 10.0 Å². The fraction of sp³-hybridized carbons (Fsp3) is 0.538. The second-order valence-corrected chi connectivity index (χ2v) is 7.47. The fourth-order valence-electron chi connectivity index (χ4n) is 2.37. The Labute approximate surface area is 129 Å². The van der Waals surface area contributed by atoms with E-state index in [0.717, 1.165) is 19.1 Å². The number of hydrogen-bond donors (Lipinski definition) is 1. The highest BCUT2D eigenvalue weighted by Crippen LogP contribution is 2.18. The van der Waals surface area contributed by atoms with Crippen molar-refractivity contribution in [2.24, 2.45) is 5.92 Å². The molecule has 1 saturated heterocycles. The largest absolute Gasteiger partial charge is 0.338 e. The molecule has 1 aliphatic rings. The van der Waals surface area contributed by atoms with Gasteiger partial charge in [-0.25, -0.2) is 18.1 Å². The van der Waals surface area contributed by atoms with Gasteiger partial charge in [-0.2, -0.15) is 0 Å². The number of aromatic nitrogens is 1. The van der Waals surface area contributed by atoms with Crippen molar-refractivity contribution in [1.29, 1.82) is 0 Å². The van der Waals surface area contributed by atoms with Crippen LogP contribution in [0.4, 0.5) is 0 Å². The summed E-state index contributed by atoms with van der Waals surface area (Å²) in [4.78, 5) is 18.0. The zero-order valence-corrected chi connectivity index (χ0v) is 13.3. The van der Waals surface area contributed by atoms with Gasteiger partial charge in [0, 0.05) is 25.8 Å². The van der Waals surface area contributed by atoms with Gasteiger partial charge >= 0.3 is 0 Å². The van der Waals surface area contributed by atoms with E-state index in [1.54, 1.807) is 17.0 Å². The molecule has 0 saturated carbocycles. The van der Waals surface area contributed by atoms with Gasteiger partial charge in [0.2, 0.25) is 10.0 Å². The monoisotopic (exact) mass is 331 g/mol. The first-order valence-electron chi connectivity index (χ1n) is 6.70. The van der Waals surface area contributed by atoms with Gasteiger partial charge in [0.1, 0.15) is 5.15 Å². The van der Waals surface area contributed by atoms with Gasteiger partial charge in [0.15, 0.2) is 0 Å². The lowest BCUT2D eigenvalue weighted by molar-refractivity contribution is 0.0676. The molecule has 0 spiro atoms. The summed E-state index contributed by atoms with van der Waals surface area (Å²) in [6.45, 7) is 1.59. The average molecular weight is 332 g/mol. The number of carbonyl (C=O) groups excluding carboxylic acids is 1. The summed E-state index contributed by atoms with van der Waals surface area (Å²) in [5, 5.41) is 0.348. The third-order valence-corrected chi connectivity index (χ3v) is 4.33. The molecule has 1 N–H and O–H groups in total. The van der Waals surface area contributed by atoms with E-state index >= 15 is 0 Å². The van der Waals surface area contributed by atoms with E-state index in [1.165, 1.54) is 6.20 Å². The maximum atomic E-state index is 12.4. The van der Waals surface area contributed by atoms with Gasteiger partial charge in [-0.05, 0) is 30.9 Å². The molecule has 2 rings (SSSR count). The van der Waals surface area contributed by atoms with Gasteiger partial charge < -0.3 is 4.90 Å². The standard InChI is InChI=1S/C13H18ClN3O3S/c1-21(19,20)16-7-10-3-2-6-17(9-10)13(18)11-4-5-12(14)15-8-11/h4-5,8,10,16H,2-3,6-7,9H2,1H3. The predicted octanol–water partition coefficient (Wildman–Crippen LogP) is 1.14. The normalized spacial score (nSPS) is 19.5. The number of hydrogen-bond acceptors (Lipinski definition) is 4. The molecule has 1 aromatic rings. The first-order chi connectivity index (χ1) is 9.85. The molecule has 0 bridgehead atoms. The number of amides is 1. The topological polar surface area (TPSA) is 79.4 Å². The first-order valence-corrected chi connectivity index (χ1v) is 8.97. The Morgan fingerprint density at radius 2 is 2.29 bits per heavy atom. The number of sulfonamides is 1. The quantitative estimate of drug-likeness (QED) is 0.839.